The van der Waals surface area contributed by atoms with Crippen molar-refractivity contribution in [3.05, 3.63) is 89.7 Å². The number of carbonyl (C=O) groups excluding carboxylic acids is 1. The average Bonchev–Trinajstić information content (AvgIpc) is 2.70. The van der Waals surface area contributed by atoms with Gasteiger partial charge in [-0.15, -0.1) is 0 Å². The summed E-state index contributed by atoms with van der Waals surface area (Å²) in [5, 5.41) is 3.85. The van der Waals surface area contributed by atoms with Gasteiger partial charge in [-0.05, 0) is 61.0 Å². The van der Waals surface area contributed by atoms with Gasteiger partial charge in [0.15, 0.2) is 0 Å². The molecule has 3 aromatic rings. The molecule has 0 saturated heterocycles. The second-order valence-electron chi connectivity index (χ2n) is 5.83. The van der Waals surface area contributed by atoms with E-state index in [1.165, 1.54) is 36.7 Å². The molecule has 0 bridgehead atoms. The van der Waals surface area contributed by atoms with E-state index < -0.39 is 16.0 Å². The van der Waals surface area contributed by atoms with Gasteiger partial charge >= 0.3 is 10.1 Å². The summed E-state index contributed by atoms with van der Waals surface area (Å²) >= 11 is 0. The van der Waals surface area contributed by atoms with Gasteiger partial charge in [0.25, 0.3) is 5.91 Å². The van der Waals surface area contributed by atoms with Crippen molar-refractivity contribution in [3.63, 3.8) is 0 Å². The maximum absolute atomic E-state index is 12.3. The van der Waals surface area contributed by atoms with Crippen LogP contribution in [0.15, 0.2) is 82.9 Å². The number of amides is 1. The first-order valence-corrected chi connectivity index (χ1v) is 9.70. The lowest BCUT2D eigenvalue weighted by Gasteiger charge is -2.07. The Morgan fingerprint density at radius 2 is 1.75 bits per heavy atom. The Morgan fingerprint density at radius 3 is 2.39 bits per heavy atom. The molecule has 0 aliphatic rings. The molecule has 1 amide bonds. The van der Waals surface area contributed by atoms with Crippen LogP contribution in [0.4, 0.5) is 0 Å². The molecule has 0 spiro atoms. The summed E-state index contributed by atoms with van der Waals surface area (Å²) in [6.45, 7) is 1.87. The minimum absolute atomic E-state index is 0.0842. The maximum Gasteiger partial charge on any atom is 0.339 e. The molecule has 0 aliphatic heterocycles. The van der Waals surface area contributed by atoms with Gasteiger partial charge in [0.05, 0.1) is 6.21 Å². The zero-order chi connectivity index (χ0) is 20.0. The van der Waals surface area contributed by atoms with Crippen LogP contribution < -0.4 is 9.61 Å². The van der Waals surface area contributed by atoms with Crippen LogP contribution in [0.5, 0.6) is 5.75 Å². The van der Waals surface area contributed by atoms with Crippen LogP contribution in [0.1, 0.15) is 21.6 Å². The molecular weight excluding hydrogens is 378 g/mol. The highest BCUT2D eigenvalue weighted by Gasteiger charge is 2.16. The first kappa shape index (κ1) is 19.2. The van der Waals surface area contributed by atoms with E-state index in [1.807, 2.05) is 6.92 Å². The largest absolute Gasteiger partial charge is 0.379 e. The lowest BCUT2D eigenvalue weighted by atomic mass is 10.2. The highest BCUT2D eigenvalue weighted by Crippen LogP contribution is 2.19. The van der Waals surface area contributed by atoms with Crippen molar-refractivity contribution in [2.24, 2.45) is 5.10 Å². The average molecular weight is 395 g/mol. The highest BCUT2D eigenvalue weighted by atomic mass is 32.2. The van der Waals surface area contributed by atoms with Gasteiger partial charge < -0.3 is 4.18 Å². The minimum atomic E-state index is -3.90. The summed E-state index contributed by atoms with van der Waals surface area (Å²) in [6, 6.07) is 17.6. The smallest absolute Gasteiger partial charge is 0.339 e. The van der Waals surface area contributed by atoms with Gasteiger partial charge in [-0.2, -0.15) is 13.5 Å². The Labute approximate surface area is 162 Å². The second-order valence-corrected chi connectivity index (χ2v) is 7.38. The van der Waals surface area contributed by atoms with Crippen LogP contribution in [0.3, 0.4) is 0 Å². The first-order valence-electron chi connectivity index (χ1n) is 8.30. The van der Waals surface area contributed by atoms with Crippen molar-refractivity contribution in [1.82, 2.24) is 10.4 Å². The maximum atomic E-state index is 12.3. The molecule has 2 aromatic carbocycles. The molecule has 1 N–H and O–H groups in total. The van der Waals surface area contributed by atoms with E-state index in [4.69, 9.17) is 4.18 Å². The molecule has 28 heavy (non-hydrogen) atoms. The van der Waals surface area contributed by atoms with E-state index in [1.54, 1.807) is 42.5 Å². The van der Waals surface area contributed by atoms with Gasteiger partial charge in [0.2, 0.25) is 0 Å². The number of pyridine rings is 1. The van der Waals surface area contributed by atoms with E-state index in [2.05, 4.69) is 15.5 Å². The second kappa shape index (κ2) is 8.45. The number of aryl methyl sites for hydroxylation is 1. The zero-order valence-electron chi connectivity index (χ0n) is 14.9. The summed E-state index contributed by atoms with van der Waals surface area (Å²) in [6.07, 6.45) is 2.95. The Bertz CT molecular complexity index is 1080. The highest BCUT2D eigenvalue weighted by molar-refractivity contribution is 7.87. The predicted octanol–water partition coefficient (Wildman–Crippen LogP) is 2.92. The van der Waals surface area contributed by atoms with Gasteiger partial charge in [0, 0.05) is 6.20 Å². The molecule has 1 heterocycles. The lowest BCUT2D eigenvalue weighted by molar-refractivity contribution is 0.0950. The predicted molar refractivity (Wildman–Crippen MR) is 105 cm³/mol. The summed E-state index contributed by atoms with van der Waals surface area (Å²) in [7, 11) is -3.90. The lowest BCUT2D eigenvalue weighted by Crippen LogP contribution is -2.18. The fraction of sp³-hybridized carbons (Fsp3) is 0.0500. The molecular formula is C20H17N3O4S. The number of hydrogen-bond donors (Lipinski definition) is 1. The van der Waals surface area contributed by atoms with E-state index >= 15 is 0 Å². The van der Waals surface area contributed by atoms with Crippen molar-refractivity contribution >= 4 is 22.2 Å². The number of hydrazone groups is 1. The summed E-state index contributed by atoms with van der Waals surface area (Å²) in [5.74, 6) is -0.253. The number of hydrogen-bond acceptors (Lipinski definition) is 6. The first-order chi connectivity index (χ1) is 13.4. The van der Waals surface area contributed by atoms with Crippen LogP contribution in [0.25, 0.3) is 0 Å². The minimum Gasteiger partial charge on any atom is -0.379 e. The van der Waals surface area contributed by atoms with E-state index in [-0.39, 0.29) is 16.3 Å². The summed E-state index contributed by atoms with van der Waals surface area (Å²) in [4.78, 5) is 15.8. The molecule has 8 heteroatoms. The Morgan fingerprint density at radius 1 is 1.04 bits per heavy atom. The van der Waals surface area contributed by atoms with Gasteiger partial charge in [-0.25, -0.2) is 5.43 Å². The molecule has 142 valence electrons. The number of rotatable bonds is 6. The van der Waals surface area contributed by atoms with Crippen molar-refractivity contribution in [2.75, 3.05) is 0 Å². The van der Waals surface area contributed by atoms with E-state index in [9.17, 15) is 13.2 Å². The normalized spacial score (nSPS) is 11.3. The SMILES string of the molecule is Cc1ccc(S(=O)(=O)Oc2ccc(/C=N\NC(=O)c3ccccn3)cc2)cc1. The van der Waals surface area contributed by atoms with Gasteiger partial charge in [-0.3, -0.25) is 9.78 Å². The Kier molecular flexibility index (Phi) is 5.81. The fourth-order valence-electron chi connectivity index (χ4n) is 2.21. The van der Waals surface area contributed by atoms with Crippen LogP contribution in [0.2, 0.25) is 0 Å². The monoisotopic (exact) mass is 395 g/mol. The molecule has 1 aromatic heterocycles. The molecule has 7 nitrogen and oxygen atoms in total. The summed E-state index contributed by atoms with van der Waals surface area (Å²) in [5.41, 5.74) is 4.23. The van der Waals surface area contributed by atoms with Crippen LogP contribution in [0, 0.1) is 6.92 Å². The molecule has 0 atom stereocenters. The number of aromatic nitrogens is 1. The molecule has 0 unspecified atom stereocenters. The van der Waals surface area contributed by atoms with E-state index in [0.29, 0.717) is 5.56 Å². The van der Waals surface area contributed by atoms with E-state index in [0.717, 1.165) is 5.56 Å². The van der Waals surface area contributed by atoms with Gasteiger partial charge in [-0.1, -0.05) is 23.8 Å². The van der Waals surface area contributed by atoms with Crippen molar-refractivity contribution in [2.45, 2.75) is 11.8 Å². The standard InChI is InChI=1S/C20H17N3O4S/c1-15-5-11-18(12-6-15)28(25,26)27-17-9-7-16(8-10-17)14-22-23-20(24)19-4-2-3-13-21-19/h2-14H,1H3,(H,23,24)/b22-14-. The van der Waals surface area contributed by atoms with Crippen molar-refractivity contribution in [1.29, 1.82) is 0 Å². The van der Waals surface area contributed by atoms with Crippen LogP contribution in [-0.2, 0) is 10.1 Å². The third-order valence-electron chi connectivity index (χ3n) is 3.67. The number of benzene rings is 2. The van der Waals surface area contributed by atoms with Crippen molar-refractivity contribution < 1.29 is 17.4 Å². The van der Waals surface area contributed by atoms with Gasteiger partial charge in [0.1, 0.15) is 16.3 Å². The molecule has 0 radical (unpaired) electrons. The molecule has 0 aliphatic carbocycles. The number of nitrogens with one attached hydrogen (secondary N) is 1. The van der Waals surface area contributed by atoms with Crippen LogP contribution >= 0.6 is 0 Å². The number of carbonyl (C=O) groups is 1. The Hall–Kier alpha value is -3.52. The Balaban J connectivity index is 1.62. The topological polar surface area (TPSA) is 97.7 Å². The molecule has 0 saturated carbocycles. The molecule has 0 fully saturated rings. The molecule has 3 rings (SSSR count). The summed E-state index contributed by atoms with van der Waals surface area (Å²) < 4.78 is 29.7. The van der Waals surface area contributed by atoms with Crippen LogP contribution in [-0.4, -0.2) is 25.5 Å². The third-order valence-corrected chi connectivity index (χ3v) is 4.93. The zero-order valence-corrected chi connectivity index (χ0v) is 15.8. The van der Waals surface area contributed by atoms with Crippen molar-refractivity contribution in [3.8, 4) is 5.75 Å². The number of nitrogens with zero attached hydrogens (tertiary/aromatic N) is 2. The third kappa shape index (κ3) is 5.01. The fourth-order valence-corrected chi connectivity index (χ4v) is 3.14. The quantitative estimate of drug-likeness (QED) is 0.393.